The number of nitrogens with one attached hydrogen (secondary N) is 4. The highest BCUT2D eigenvalue weighted by Gasteiger charge is 2.34. The van der Waals surface area contributed by atoms with Crippen molar-refractivity contribution in [1.29, 1.82) is 0 Å². The first-order chi connectivity index (χ1) is 19.5. The van der Waals surface area contributed by atoms with Crippen LogP contribution < -0.4 is 16.0 Å². The minimum absolute atomic E-state index is 0.499. The van der Waals surface area contributed by atoms with Crippen LogP contribution in [-0.2, 0) is 38.5 Å². The van der Waals surface area contributed by atoms with Crippen LogP contribution in [0.4, 0.5) is 0 Å². The zero-order valence-corrected chi connectivity index (χ0v) is 26.1. The van der Waals surface area contributed by atoms with E-state index in [1.54, 1.807) is 0 Å². The maximum absolute atomic E-state index is 3.94. The van der Waals surface area contributed by atoms with E-state index in [1.165, 1.54) is 78.2 Å². The summed E-state index contributed by atoms with van der Waals surface area (Å²) in [4.78, 5) is 11.7. The van der Waals surface area contributed by atoms with E-state index in [-0.39, 0.29) is 0 Å². The summed E-state index contributed by atoms with van der Waals surface area (Å²) in [5, 5.41) is 6.43. The minimum atomic E-state index is 0.499. The number of fused-ring (bicyclic) bond motifs is 8. The standard InChI is InChI=1S/C36H50N4/c1-9-21-22(10-2)30-18-32-25(13-5)26(14-6)34(39-32)20-36-28(16-8)27(15-7)35(40-36)19-33-24(12-4)23(11-3)31(38-33)17-29(21)37-30/h17-22,37-40H,9-16H2,1-8H3/b29-17-,30-18-,35-19-,36-20-. The van der Waals surface area contributed by atoms with Gasteiger partial charge in [-0.3, -0.25) is 0 Å². The van der Waals surface area contributed by atoms with E-state index >= 15 is 0 Å². The molecule has 4 heteroatoms. The molecule has 3 aromatic heterocycles. The molecule has 0 aromatic carbocycles. The van der Waals surface area contributed by atoms with Gasteiger partial charge in [0.1, 0.15) is 0 Å². The van der Waals surface area contributed by atoms with Crippen LogP contribution in [0, 0.1) is 11.8 Å². The predicted octanol–water partition coefficient (Wildman–Crippen LogP) is 7.05. The van der Waals surface area contributed by atoms with Crippen molar-refractivity contribution < 1.29 is 0 Å². The molecule has 1 saturated heterocycles. The molecule has 0 aliphatic carbocycles. The average Bonchev–Trinajstić information content (AvgIpc) is 3.67. The van der Waals surface area contributed by atoms with Gasteiger partial charge < -0.3 is 20.3 Å². The fraction of sp³-hybridized carbons (Fsp3) is 0.500. The molecule has 0 spiro atoms. The summed E-state index contributed by atoms with van der Waals surface area (Å²) in [5.41, 5.74) is 16.4. The maximum atomic E-state index is 3.94. The molecule has 4 N–H and O–H groups in total. The second-order valence-electron chi connectivity index (χ2n) is 11.5. The quantitative estimate of drug-likeness (QED) is 0.244. The van der Waals surface area contributed by atoms with Crippen molar-refractivity contribution in [2.24, 2.45) is 11.8 Å². The molecule has 0 amide bonds. The lowest BCUT2D eigenvalue weighted by Crippen LogP contribution is -2.13. The van der Waals surface area contributed by atoms with Crippen molar-refractivity contribution in [3.63, 3.8) is 0 Å². The van der Waals surface area contributed by atoms with Gasteiger partial charge in [0.05, 0.1) is 0 Å². The molecule has 8 bridgehead atoms. The van der Waals surface area contributed by atoms with Crippen molar-refractivity contribution in [2.75, 3.05) is 0 Å². The van der Waals surface area contributed by atoms with E-state index in [0.717, 1.165) is 51.4 Å². The number of H-pyrrole nitrogens is 3. The van der Waals surface area contributed by atoms with Gasteiger partial charge in [-0.15, -0.1) is 0 Å². The summed E-state index contributed by atoms with van der Waals surface area (Å²) in [6.07, 6.45) is 18.0. The van der Waals surface area contributed by atoms with Gasteiger partial charge in [-0.1, -0.05) is 55.4 Å². The van der Waals surface area contributed by atoms with Crippen LogP contribution in [0.2, 0.25) is 0 Å². The van der Waals surface area contributed by atoms with Gasteiger partial charge >= 0.3 is 0 Å². The smallest absolute Gasteiger partial charge is 0.0441 e. The highest BCUT2D eigenvalue weighted by Crippen LogP contribution is 2.40. The van der Waals surface area contributed by atoms with Crippen LogP contribution in [0.1, 0.15) is 124 Å². The molecule has 40 heavy (non-hydrogen) atoms. The Bertz CT molecular complexity index is 1450. The Labute approximate surface area is 241 Å². The number of allylic oxidation sites excluding steroid dienone is 2. The summed E-state index contributed by atoms with van der Waals surface area (Å²) in [5.74, 6) is 0.997. The lowest BCUT2D eigenvalue weighted by atomic mass is 9.86. The van der Waals surface area contributed by atoms with Crippen LogP contribution >= 0.6 is 0 Å². The van der Waals surface area contributed by atoms with Crippen molar-refractivity contribution in [1.82, 2.24) is 20.3 Å². The molecule has 0 radical (unpaired) electrons. The number of hydrogen-bond acceptors (Lipinski definition) is 1. The van der Waals surface area contributed by atoms with Crippen molar-refractivity contribution in [3.8, 4) is 0 Å². The van der Waals surface area contributed by atoms with E-state index < -0.39 is 0 Å². The van der Waals surface area contributed by atoms with Crippen LogP contribution in [0.3, 0.4) is 0 Å². The molecule has 4 nitrogen and oxygen atoms in total. The van der Waals surface area contributed by atoms with E-state index in [0.29, 0.717) is 11.8 Å². The molecule has 3 aromatic rings. The van der Waals surface area contributed by atoms with Crippen LogP contribution in [-0.4, -0.2) is 15.0 Å². The Hall–Kier alpha value is -3.14. The second kappa shape index (κ2) is 11.8. The molecule has 5 rings (SSSR count). The molecule has 2 atom stereocenters. The summed E-state index contributed by atoms with van der Waals surface area (Å²) in [6, 6.07) is 0. The van der Waals surface area contributed by atoms with Gasteiger partial charge in [-0.25, -0.2) is 0 Å². The predicted molar refractivity (Wildman–Crippen MR) is 172 cm³/mol. The van der Waals surface area contributed by atoms with Gasteiger partial charge in [-0.05, 0) is 109 Å². The van der Waals surface area contributed by atoms with E-state index in [9.17, 15) is 0 Å². The lowest BCUT2D eigenvalue weighted by molar-refractivity contribution is 0.452. The Morgan fingerprint density at radius 1 is 0.425 bits per heavy atom. The van der Waals surface area contributed by atoms with Gasteiger partial charge in [0.15, 0.2) is 0 Å². The second-order valence-corrected chi connectivity index (χ2v) is 11.5. The Balaban J connectivity index is 1.91. The minimum Gasteiger partial charge on any atom is -0.362 e. The molecule has 2 aliphatic heterocycles. The van der Waals surface area contributed by atoms with Crippen molar-refractivity contribution in [3.05, 3.63) is 78.2 Å². The third-order valence-corrected chi connectivity index (χ3v) is 9.60. The third-order valence-electron chi connectivity index (χ3n) is 9.60. The van der Waals surface area contributed by atoms with Gasteiger partial charge in [0, 0.05) is 56.7 Å². The largest absolute Gasteiger partial charge is 0.362 e. The number of aromatic amines is 3. The number of rotatable bonds is 8. The van der Waals surface area contributed by atoms with Gasteiger partial charge in [0.2, 0.25) is 0 Å². The van der Waals surface area contributed by atoms with E-state index in [2.05, 4.69) is 100.0 Å². The SMILES string of the molecule is CCc1c2[nH]c(c1CC)/C=c1\[nH]/c(c(CC)c1CC)=C\c1[nH]c(c(CC)c1CC)/C=C1\N/C(=C\2)C(CC)C1CC. The van der Waals surface area contributed by atoms with Crippen LogP contribution in [0.25, 0.3) is 24.3 Å². The van der Waals surface area contributed by atoms with Crippen LogP contribution in [0.5, 0.6) is 0 Å². The Kier molecular flexibility index (Phi) is 8.35. The average molecular weight is 539 g/mol. The molecular weight excluding hydrogens is 488 g/mol. The molecule has 214 valence electrons. The summed E-state index contributed by atoms with van der Waals surface area (Å²) >= 11 is 0. The van der Waals surface area contributed by atoms with E-state index in [4.69, 9.17) is 0 Å². The molecule has 0 saturated carbocycles. The lowest BCUT2D eigenvalue weighted by Gasteiger charge is -2.16. The first kappa shape index (κ1) is 28.4. The Morgan fingerprint density at radius 2 is 0.750 bits per heavy atom. The Morgan fingerprint density at radius 3 is 1.05 bits per heavy atom. The highest BCUT2D eigenvalue weighted by molar-refractivity contribution is 5.68. The monoisotopic (exact) mass is 538 g/mol. The summed E-state index contributed by atoms with van der Waals surface area (Å²) < 4.78 is 0. The first-order valence-electron chi connectivity index (χ1n) is 16.1. The van der Waals surface area contributed by atoms with Crippen LogP contribution in [0.15, 0.2) is 11.4 Å². The molecule has 5 heterocycles. The zero-order chi connectivity index (χ0) is 28.6. The molecule has 1 fully saturated rings. The maximum Gasteiger partial charge on any atom is 0.0441 e. The van der Waals surface area contributed by atoms with Crippen molar-refractivity contribution >= 4 is 24.3 Å². The van der Waals surface area contributed by atoms with E-state index in [1.807, 2.05) is 0 Å². The fourth-order valence-electron chi connectivity index (χ4n) is 7.71. The van der Waals surface area contributed by atoms with Gasteiger partial charge in [-0.2, -0.15) is 0 Å². The third kappa shape index (κ3) is 4.63. The van der Waals surface area contributed by atoms with Crippen molar-refractivity contribution in [2.45, 2.75) is 107 Å². The number of hydrogen-bond donors (Lipinski definition) is 4. The topological polar surface area (TPSA) is 59.4 Å². The molecule has 2 aliphatic rings. The summed E-state index contributed by atoms with van der Waals surface area (Å²) in [7, 11) is 0. The first-order valence-corrected chi connectivity index (χ1v) is 16.1. The van der Waals surface area contributed by atoms with Gasteiger partial charge in [0.25, 0.3) is 0 Å². The molecule has 2 unspecified atom stereocenters. The highest BCUT2D eigenvalue weighted by atomic mass is 15.0. The molecular formula is C36H50N4. The normalized spacial score (nSPS) is 22.5. The summed E-state index contributed by atoms with van der Waals surface area (Å²) in [6.45, 7) is 18.4. The number of aromatic nitrogens is 3. The zero-order valence-electron chi connectivity index (χ0n) is 26.1. The fourth-order valence-corrected chi connectivity index (χ4v) is 7.71.